The van der Waals surface area contributed by atoms with Gasteiger partial charge in [-0.3, -0.25) is 0 Å². The van der Waals surface area contributed by atoms with Gasteiger partial charge in [0.05, 0.1) is 0 Å². The Balaban J connectivity index is 2.67. The van der Waals surface area contributed by atoms with Crippen molar-refractivity contribution in [3.05, 3.63) is 35.8 Å². The van der Waals surface area contributed by atoms with Gasteiger partial charge in [-0.25, -0.2) is 4.39 Å². The first-order chi connectivity index (χ1) is 5.79. The maximum absolute atomic E-state index is 12.7. The number of rotatable bonds is 1. The fraction of sp³-hybridized carbons (Fsp3) is 0.111. The zero-order chi connectivity index (χ0) is 8.55. The Hall–Kier alpha value is -0.960. The Kier molecular flexibility index (Phi) is 1.81. The maximum atomic E-state index is 12.7. The number of H-pyrrole nitrogens is 1. The minimum atomic E-state index is -0.213. The second kappa shape index (κ2) is 2.83. The molecule has 1 aromatic carbocycles. The first-order valence-electron chi connectivity index (χ1n) is 3.67. The van der Waals surface area contributed by atoms with Crippen molar-refractivity contribution in [2.24, 2.45) is 0 Å². The van der Waals surface area contributed by atoms with E-state index in [4.69, 9.17) is 0 Å². The van der Waals surface area contributed by atoms with Gasteiger partial charge in [-0.1, -0.05) is 0 Å². The van der Waals surface area contributed by atoms with Crippen LogP contribution >= 0.6 is 12.6 Å². The first kappa shape index (κ1) is 7.68. The van der Waals surface area contributed by atoms with Crippen LogP contribution in [0.25, 0.3) is 10.9 Å². The van der Waals surface area contributed by atoms with Gasteiger partial charge < -0.3 is 4.98 Å². The summed E-state index contributed by atoms with van der Waals surface area (Å²) in [5.41, 5.74) is 1.85. The van der Waals surface area contributed by atoms with Crippen molar-refractivity contribution in [3.63, 3.8) is 0 Å². The van der Waals surface area contributed by atoms with Crippen LogP contribution in [0, 0.1) is 5.82 Å². The van der Waals surface area contributed by atoms with Crippen molar-refractivity contribution in [3.8, 4) is 0 Å². The Morgan fingerprint density at radius 1 is 1.33 bits per heavy atom. The molecule has 1 aromatic heterocycles. The second-order valence-electron chi connectivity index (χ2n) is 2.68. The van der Waals surface area contributed by atoms with Crippen molar-refractivity contribution in [1.82, 2.24) is 4.98 Å². The molecule has 62 valence electrons. The Morgan fingerprint density at radius 3 is 2.92 bits per heavy atom. The zero-order valence-corrected chi connectivity index (χ0v) is 7.24. The van der Waals surface area contributed by atoms with E-state index < -0.39 is 0 Å². The number of aromatic amines is 1. The highest BCUT2D eigenvalue weighted by atomic mass is 32.1. The number of fused-ring (bicyclic) bond motifs is 1. The Labute approximate surface area is 75.0 Å². The van der Waals surface area contributed by atoms with Crippen LogP contribution in [0.3, 0.4) is 0 Å². The summed E-state index contributed by atoms with van der Waals surface area (Å²) in [6.45, 7) is 0. The number of thiol groups is 1. The van der Waals surface area contributed by atoms with Crippen LogP contribution in [0.5, 0.6) is 0 Å². The molecule has 3 heteroatoms. The predicted octanol–water partition coefficient (Wildman–Crippen LogP) is 2.74. The lowest BCUT2D eigenvalue weighted by Gasteiger charge is -1.88. The summed E-state index contributed by atoms with van der Waals surface area (Å²) in [5.74, 6) is 0.436. The van der Waals surface area contributed by atoms with E-state index in [0.29, 0.717) is 5.75 Å². The number of hydrogen-bond acceptors (Lipinski definition) is 1. The van der Waals surface area contributed by atoms with E-state index in [9.17, 15) is 4.39 Å². The zero-order valence-electron chi connectivity index (χ0n) is 6.34. The maximum Gasteiger partial charge on any atom is 0.125 e. The van der Waals surface area contributed by atoms with Crippen molar-refractivity contribution in [1.29, 1.82) is 0 Å². The van der Waals surface area contributed by atoms with Gasteiger partial charge in [-0.05, 0) is 29.7 Å². The van der Waals surface area contributed by atoms with Crippen LogP contribution in [0.2, 0.25) is 0 Å². The minimum Gasteiger partial charge on any atom is -0.358 e. The summed E-state index contributed by atoms with van der Waals surface area (Å²) in [7, 11) is 0. The summed E-state index contributed by atoms with van der Waals surface area (Å²) in [6.07, 6.45) is 0. The van der Waals surface area contributed by atoms with Gasteiger partial charge in [-0.15, -0.1) is 0 Å². The molecule has 0 bridgehead atoms. The number of aromatic nitrogens is 1. The van der Waals surface area contributed by atoms with Crippen LogP contribution in [0.4, 0.5) is 4.39 Å². The van der Waals surface area contributed by atoms with E-state index >= 15 is 0 Å². The fourth-order valence-electron chi connectivity index (χ4n) is 1.24. The van der Waals surface area contributed by atoms with E-state index in [1.54, 1.807) is 6.07 Å². The van der Waals surface area contributed by atoms with E-state index in [0.717, 1.165) is 16.6 Å². The molecule has 1 nitrogen and oxygen atoms in total. The quantitative estimate of drug-likeness (QED) is 0.629. The second-order valence-corrected chi connectivity index (χ2v) is 3.00. The van der Waals surface area contributed by atoms with Crippen LogP contribution in [0.15, 0.2) is 24.3 Å². The van der Waals surface area contributed by atoms with Gasteiger partial charge in [0.25, 0.3) is 0 Å². The molecular weight excluding hydrogens is 173 g/mol. The highest BCUT2D eigenvalue weighted by molar-refractivity contribution is 7.79. The van der Waals surface area contributed by atoms with E-state index in [1.807, 2.05) is 6.07 Å². The average Bonchev–Trinajstić information content (AvgIpc) is 2.46. The number of hydrogen-bond donors (Lipinski definition) is 2. The number of halogens is 1. The topological polar surface area (TPSA) is 15.8 Å². The van der Waals surface area contributed by atoms with Crippen LogP contribution in [0.1, 0.15) is 5.69 Å². The van der Waals surface area contributed by atoms with Gasteiger partial charge in [0.2, 0.25) is 0 Å². The molecule has 0 saturated carbocycles. The molecule has 0 aliphatic carbocycles. The molecule has 0 saturated heterocycles. The molecule has 0 atom stereocenters. The van der Waals surface area contributed by atoms with Gasteiger partial charge >= 0.3 is 0 Å². The molecule has 12 heavy (non-hydrogen) atoms. The minimum absolute atomic E-state index is 0.213. The van der Waals surface area contributed by atoms with Gasteiger partial charge in [-0.2, -0.15) is 12.6 Å². The third kappa shape index (κ3) is 1.20. The molecule has 0 fully saturated rings. The molecule has 0 spiro atoms. The molecule has 0 radical (unpaired) electrons. The smallest absolute Gasteiger partial charge is 0.125 e. The Morgan fingerprint density at radius 2 is 2.17 bits per heavy atom. The highest BCUT2D eigenvalue weighted by Gasteiger charge is 1.99. The van der Waals surface area contributed by atoms with E-state index in [2.05, 4.69) is 17.6 Å². The molecule has 1 heterocycles. The van der Waals surface area contributed by atoms with Crippen molar-refractivity contribution in [2.45, 2.75) is 5.75 Å². The molecule has 0 aliphatic heterocycles. The molecule has 0 unspecified atom stereocenters. The first-order valence-corrected chi connectivity index (χ1v) is 4.31. The average molecular weight is 181 g/mol. The van der Waals surface area contributed by atoms with Crippen molar-refractivity contribution < 1.29 is 4.39 Å². The highest BCUT2D eigenvalue weighted by Crippen LogP contribution is 2.17. The lowest BCUT2D eigenvalue weighted by atomic mass is 10.2. The SMILES string of the molecule is Fc1ccc2cc(CS)[nH]c2c1. The summed E-state index contributed by atoms with van der Waals surface area (Å²) in [4.78, 5) is 3.07. The third-order valence-corrected chi connectivity index (χ3v) is 2.15. The van der Waals surface area contributed by atoms with Crippen LogP contribution < -0.4 is 0 Å². The Bertz CT molecular complexity index is 408. The van der Waals surface area contributed by atoms with Crippen LogP contribution in [-0.2, 0) is 5.75 Å². The summed E-state index contributed by atoms with van der Waals surface area (Å²) < 4.78 is 12.7. The largest absolute Gasteiger partial charge is 0.358 e. The molecule has 2 aromatic rings. The van der Waals surface area contributed by atoms with E-state index in [1.165, 1.54) is 12.1 Å². The summed E-state index contributed by atoms with van der Waals surface area (Å²) in [5, 5.41) is 1.03. The van der Waals surface area contributed by atoms with Gasteiger partial charge in [0, 0.05) is 17.0 Å². The molecule has 1 N–H and O–H groups in total. The van der Waals surface area contributed by atoms with Crippen LogP contribution in [-0.4, -0.2) is 4.98 Å². The van der Waals surface area contributed by atoms with Gasteiger partial charge in [0.1, 0.15) is 5.82 Å². The summed E-state index contributed by atoms with van der Waals surface area (Å²) >= 11 is 4.12. The number of nitrogens with one attached hydrogen (secondary N) is 1. The monoisotopic (exact) mass is 181 g/mol. The molecule has 2 rings (SSSR count). The molecule has 0 amide bonds. The standard InChI is InChI=1S/C9H8FNS/c10-7-2-1-6-3-8(5-12)11-9(6)4-7/h1-4,11-12H,5H2. The van der Waals surface area contributed by atoms with Crippen molar-refractivity contribution in [2.75, 3.05) is 0 Å². The molecular formula is C9H8FNS. The number of benzene rings is 1. The lowest BCUT2D eigenvalue weighted by Crippen LogP contribution is -1.74. The lowest BCUT2D eigenvalue weighted by molar-refractivity contribution is 0.629. The summed E-state index contributed by atoms with van der Waals surface area (Å²) in [6, 6.07) is 6.68. The van der Waals surface area contributed by atoms with Gasteiger partial charge in [0.15, 0.2) is 0 Å². The normalized spacial score (nSPS) is 10.8. The third-order valence-electron chi connectivity index (χ3n) is 1.81. The molecule has 0 aliphatic rings. The predicted molar refractivity (Wildman–Crippen MR) is 50.9 cm³/mol. The van der Waals surface area contributed by atoms with E-state index in [-0.39, 0.29) is 5.82 Å². The van der Waals surface area contributed by atoms with Crippen molar-refractivity contribution >= 4 is 23.5 Å². The fourth-order valence-corrected chi connectivity index (χ4v) is 1.41.